The third-order valence-corrected chi connectivity index (χ3v) is 5.48. The number of rotatable bonds is 5. The third kappa shape index (κ3) is 4.29. The summed E-state index contributed by atoms with van der Waals surface area (Å²) in [5.74, 6) is -1.24. The Labute approximate surface area is 184 Å². The van der Waals surface area contributed by atoms with Gasteiger partial charge in [0.15, 0.2) is 0 Å². The van der Waals surface area contributed by atoms with Gasteiger partial charge in [0, 0.05) is 41.7 Å². The SMILES string of the molecule is NC(=O)C1CC(NC(=O)c2ccc(-n3ccccc3=O)cc2)CN1C(=O)c1ccccc1. The number of nitrogens with zero attached hydrogens (tertiary/aromatic N) is 2. The predicted octanol–water partition coefficient (Wildman–Crippen LogP) is 1.34. The summed E-state index contributed by atoms with van der Waals surface area (Å²) in [5, 5.41) is 2.88. The van der Waals surface area contributed by atoms with Crippen LogP contribution in [0.25, 0.3) is 5.69 Å². The van der Waals surface area contributed by atoms with Gasteiger partial charge in [-0.2, -0.15) is 0 Å². The predicted molar refractivity (Wildman–Crippen MR) is 118 cm³/mol. The van der Waals surface area contributed by atoms with Crippen LogP contribution < -0.4 is 16.6 Å². The van der Waals surface area contributed by atoms with E-state index in [1.54, 1.807) is 72.9 Å². The van der Waals surface area contributed by atoms with E-state index in [1.165, 1.54) is 15.5 Å². The molecule has 0 aliphatic carbocycles. The van der Waals surface area contributed by atoms with Gasteiger partial charge in [-0.25, -0.2) is 0 Å². The van der Waals surface area contributed by atoms with Gasteiger partial charge in [-0.15, -0.1) is 0 Å². The van der Waals surface area contributed by atoms with Crippen molar-refractivity contribution in [2.45, 2.75) is 18.5 Å². The normalized spacial score (nSPS) is 17.7. The molecule has 0 radical (unpaired) electrons. The van der Waals surface area contributed by atoms with Gasteiger partial charge >= 0.3 is 0 Å². The summed E-state index contributed by atoms with van der Waals surface area (Å²) in [7, 11) is 0. The van der Waals surface area contributed by atoms with Gasteiger partial charge in [0.2, 0.25) is 5.91 Å². The van der Waals surface area contributed by atoms with Gasteiger partial charge < -0.3 is 16.0 Å². The van der Waals surface area contributed by atoms with E-state index in [1.807, 2.05) is 0 Å². The first-order chi connectivity index (χ1) is 15.4. The molecule has 3 aromatic rings. The molecule has 2 atom stereocenters. The lowest BCUT2D eigenvalue weighted by Crippen LogP contribution is -2.44. The Morgan fingerprint density at radius 3 is 2.22 bits per heavy atom. The molecule has 8 heteroatoms. The number of pyridine rings is 1. The van der Waals surface area contributed by atoms with E-state index >= 15 is 0 Å². The van der Waals surface area contributed by atoms with Crippen molar-refractivity contribution in [2.24, 2.45) is 5.73 Å². The number of aromatic nitrogens is 1. The van der Waals surface area contributed by atoms with Gasteiger partial charge in [0.1, 0.15) is 6.04 Å². The van der Waals surface area contributed by atoms with Crippen LogP contribution in [-0.4, -0.2) is 45.8 Å². The zero-order valence-electron chi connectivity index (χ0n) is 17.2. The van der Waals surface area contributed by atoms with E-state index in [-0.39, 0.29) is 30.3 Å². The Morgan fingerprint density at radius 1 is 0.875 bits per heavy atom. The second-order valence-corrected chi connectivity index (χ2v) is 7.60. The molecule has 1 aliphatic rings. The molecule has 1 saturated heterocycles. The number of carbonyl (C=O) groups is 3. The Kier molecular flexibility index (Phi) is 5.85. The molecule has 2 unspecified atom stereocenters. The monoisotopic (exact) mass is 430 g/mol. The minimum Gasteiger partial charge on any atom is -0.368 e. The van der Waals surface area contributed by atoms with Crippen LogP contribution in [0.2, 0.25) is 0 Å². The number of nitrogens with one attached hydrogen (secondary N) is 1. The van der Waals surface area contributed by atoms with E-state index in [9.17, 15) is 19.2 Å². The molecule has 2 heterocycles. The van der Waals surface area contributed by atoms with E-state index in [2.05, 4.69) is 5.32 Å². The number of likely N-dealkylation sites (tertiary alicyclic amines) is 1. The van der Waals surface area contributed by atoms with Crippen LogP contribution in [0.5, 0.6) is 0 Å². The highest BCUT2D eigenvalue weighted by molar-refractivity contribution is 5.98. The minimum atomic E-state index is -0.791. The Bertz CT molecular complexity index is 1200. The van der Waals surface area contributed by atoms with Gasteiger partial charge in [-0.3, -0.25) is 23.7 Å². The van der Waals surface area contributed by atoms with Gasteiger partial charge in [0.25, 0.3) is 17.4 Å². The van der Waals surface area contributed by atoms with Crippen LogP contribution in [0, 0.1) is 0 Å². The fraction of sp³-hybridized carbons (Fsp3) is 0.167. The van der Waals surface area contributed by atoms with Crippen LogP contribution >= 0.6 is 0 Å². The first-order valence-electron chi connectivity index (χ1n) is 10.2. The van der Waals surface area contributed by atoms with Crippen LogP contribution in [0.4, 0.5) is 0 Å². The molecule has 3 N–H and O–H groups in total. The molecule has 1 aromatic heterocycles. The molecule has 32 heavy (non-hydrogen) atoms. The maximum Gasteiger partial charge on any atom is 0.255 e. The lowest BCUT2D eigenvalue weighted by Gasteiger charge is -2.22. The fourth-order valence-corrected chi connectivity index (χ4v) is 3.86. The standard InChI is InChI=1S/C24H22N4O4/c25-22(30)20-14-18(15-28(20)24(32)17-6-2-1-3-7-17)26-23(31)16-9-11-19(12-10-16)27-13-5-4-8-21(27)29/h1-13,18,20H,14-15H2,(H2,25,30)(H,26,31). The van der Waals surface area contributed by atoms with Crippen molar-refractivity contribution in [3.05, 3.63) is 100 Å². The maximum absolute atomic E-state index is 12.8. The van der Waals surface area contributed by atoms with Crippen LogP contribution in [0.3, 0.4) is 0 Å². The highest BCUT2D eigenvalue weighted by Gasteiger charge is 2.39. The number of benzene rings is 2. The number of nitrogens with two attached hydrogens (primary N) is 1. The quantitative estimate of drug-likeness (QED) is 0.636. The van der Waals surface area contributed by atoms with Crippen molar-refractivity contribution in [1.29, 1.82) is 0 Å². The van der Waals surface area contributed by atoms with Crippen molar-refractivity contribution >= 4 is 17.7 Å². The molecule has 162 valence electrons. The molecule has 4 rings (SSSR count). The number of hydrogen-bond acceptors (Lipinski definition) is 4. The van der Waals surface area contributed by atoms with Crippen molar-refractivity contribution in [2.75, 3.05) is 6.54 Å². The summed E-state index contributed by atoms with van der Waals surface area (Å²) >= 11 is 0. The molecular weight excluding hydrogens is 408 g/mol. The van der Waals surface area contributed by atoms with E-state index in [0.717, 1.165) is 0 Å². The number of primary amides is 1. The van der Waals surface area contributed by atoms with E-state index < -0.39 is 18.0 Å². The minimum absolute atomic E-state index is 0.170. The van der Waals surface area contributed by atoms with Crippen molar-refractivity contribution < 1.29 is 14.4 Å². The van der Waals surface area contributed by atoms with Crippen LogP contribution in [-0.2, 0) is 4.79 Å². The molecule has 0 saturated carbocycles. The highest BCUT2D eigenvalue weighted by Crippen LogP contribution is 2.21. The second kappa shape index (κ2) is 8.89. The molecular formula is C24H22N4O4. The smallest absolute Gasteiger partial charge is 0.255 e. The molecule has 8 nitrogen and oxygen atoms in total. The molecule has 1 fully saturated rings. The fourth-order valence-electron chi connectivity index (χ4n) is 3.86. The number of carbonyl (C=O) groups excluding carboxylic acids is 3. The summed E-state index contributed by atoms with van der Waals surface area (Å²) < 4.78 is 1.48. The largest absolute Gasteiger partial charge is 0.368 e. The molecule has 0 bridgehead atoms. The number of hydrogen-bond donors (Lipinski definition) is 2. The third-order valence-electron chi connectivity index (χ3n) is 5.48. The highest BCUT2D eigenvalue weighted by atomic mass is 16.2. The van der Waals surface area contributed by atoms with Gasteiger partial charge in [-0.05, 0) is 48.9 Å². The van der Waals surface area contributed by atoms with Gasteiger partial charge in [0.05, 0.1) is 0 Å². The summed E-state index contributed by atoms with van der Waals surface area (Å²) in [6.07, 6.45) is 1.90. The second-order valence-electron chi connectivity index (χ2n) is 7.60. The van der Waals surface area contributed by atoms with Crippen LogP contribution in [0.15, 0.2) is 83.8 Å². The van der Waals surface area contributed by atoms with Crippen LogP contribution in [0.1, 0.15) is 27.1 Å². The van der Waals surface area contributed by atoms with E-state index in [4.69, 9.17) is 5.73 Å². The molecule has 2 aromatic carbocycles. The lowest BCUT2D eigenvalue weighted by atomic mass is 10.1. The summed E-state index contributed by atoms with van der Waals surface area (Å²) in [4.78, 5) is 50.9. The maximum atomic E-state index is 12.8. The zero-order chi connectivity index (χ0) is 22.7. The molecule has 1 aliphatic heterocycles. The number of amides is 3. The first kappa shape index (κ1) is 21.0. The van der Waals surface area contributed by atoms with E-state index in [0.29, 0.717) is 16.8 Å². The first-order valence-corrected chi connectivity index (χ1v) is 10.2. The Balaban J connectivity index is 1.46. The van der Waals surface area contributed by atoms with Crippen molar-refractivity contribution in [3.63, 3.8) is 0 Å². The molecule has 3 amide bonds. The summed E-state index contributed by atoms with van der Waals surface area (Å²) in [6.45, 7) is 0.185. The van der Waals surface area contributed by atoms with Gasteiger partial charge in [-0.1, -0.05) is 24.3 Å². The Hall–Kier alpha value is -4.20. The molecule has 0 spiro atoms. The average molecular weight is 430 g/mol. The lowest BCUT2D eigenvalue weighted by molar-refractivity contribution is -0.121. The zero-order valence-corrected chi connectivity index (χ0v) is 17.2. The van der Waals surface area contributed by atoms with Crippen molar-refractivity contribution in [1.82, 2.24) is 14.8 Å². The topological polar surface area (TPSA) is 114 Å². The average Bonchev–Trinajstić information content (AvgIpc) is 3.24. The Morgan fingerprint density at radius 2 is 1.56 bits per heavy atom. The van der Waals surface area contributed by atoms with Crippen molar-refractivity contribution in [3.8, 4) is 5.69 Å². The summed E-state index contributed by atoms with van der Waals surface area (Å²) in [6, 6.07) is 18.9. The summed E-state index contributed by atoms with van der Waals surface area (Å²) in [5.41, 5.74) is 6.85.